The van der Waals surface area contributed by atoms with Gasteiger partial charge in [-0.15, -0.1) is 11.3 Å². The molecule has 0 radical (unpaired) electrons. The van der Waals surface area contributed by atoms with Crippen molar-refractivity contribution in [2.45, 2.75) is 13.5 Å². The summed E-state index contributed by atoms with van der Waals surface area (Å²) in [7, 11) is 1.63. The van der Waals surface area contributed by atoms with Crippen molar-refractivity contribution in [3.63, 3.8) is 0 Å². The number of carbonyl (C=O) groups excluding carboxylic acids is 1. The molecule has 1 aromatic heterocycles. The largest absolute Gasteiger partial charge is 0.383 e. The predicted molar refractivity (Wildman–Crippen MR) is 63.4 cm³/mol. The standard InChI is InChI=1S/C10H17N3O2S/c1-8-9(16-7-13-8)5-12-10(14)6-11-3-4-15-2/h7,11H,3-6H2,1-2H3,(H,12,14). The smallest absolute Gasteiger partial charge is 0.234 e. The highest BCUT2D eigenvalue weighted by atomic mass is 32.1. The minimum atomic E-state index is -0.0103. The van der Waals surface area contributed by atoms with Gasteiger partial charge in [0, 0.05) is 18.5 Å². The maximum Gasteiger partial charge on any atom is 0.234 e. The summed E-state index contributed by atoms with van der Waals surface area (Å²) in [5.74, 6) is -0.0103. The Hall–Kier alpha value is -0.980. The summed E-state index contributed by atoms with van der Waals surface area (Å²) in [5.41, 5.74) is 2.77. The molecule has 1 amide bonds. The van der Waals surface area contributed by atoms with Crippen LogP contribution in [0, 0.1) is 6.92 Å². The van der Waals surface area contributed by atoms with E-state index in [1.54, 1.807) is 24.0 Å². The number of amides is 1. The summed E-state index contributed by atoms with van der Waals surface area (Å²) < 4.78 is 4.86. The zero-order chi connectivity index (χ0) is 11.8. The molecule has 6 heteroatoms. The Morgan fingerprint density at radius 1 is 1.62 bits per heavy atom. The Labute approximate surface area is 99.2 Å². The maximum atomic E-state index is 11.4. The first-order valence-electron chi connectivity index (χ1n) is 5.09. The number of hydrogen-bond donors (Lipinski definition) is 2. The molecular weight excluding hydrogens is 226 g/mol. The third-order valence-corrected chi connectivity index (χ3v) is 2.99. The summed E-state index contributed by atoms with van der Waals surface area (Å²) >= 11 is 1.56. The van der Waals surface area contributed by atoms with Crippen LogP contribution in [0.3, 0.4) is 0 Å². The SMILES string of the molecule is COCCNCC(=O)NCc1scnc1C. The number of aromatic nitrogens is 1. The summed E-state index contributed by atoms with van der Waals surface area (Å²) in [6.45, 7) is 4.11. The number of rotatable bonds is 7. The Bertz CT molecular complexity index is 328. The van der Waals surface area contributed by atoms with Gasteiger partial charge in [0.15, 0.2) is 0 Å². The number of nitrogens with one attached hydrogen (secondary N) is 2. The summed E-state index contributed by atoms with van der Waals surface area (Å²) in [5, 5.41) is 5.81. The van der Waals surface area contributed by atoms with E-state index in [0.717, 1.165) is 10.6 Å². The van der Waals surface area contributed by atoms with E-state index in [-0.39, 0.29) is 5.91 Å². The number of thiazole rings is 1. The van der Waals surface area contributed by atoms with Crippen LogP contribution < -0.4 is 10.6 Å². The van der Waals surface area contributed by atoms with E-state index in [2.05, 4.69) is 15.6 Å². The fourth-order valence-corrected chi connectivity index (χ4v) is 1.83. The molecule has 16 heavy (non-hydrogen) atoms. The zero-order valence-corrected chi connectivity index (χ0v) is 10.4. The molecule has 0 saturated carbocycles. The molecule has 5 nitrogen and oxygen atoms in total. The first kappa shape index (κ1) is 13.1. The van der Waals surface area contributed by atoms with Gasteiger partial charge in [-0.3, -0.25) is 4.79 Å². The average molecular weight is 243 g/mol. The third kappa shape index (κ3) is 4.69. The molecule has 0 saturated heterocycles. The lowest BCUT2D eigenvalue weighted by Crippen LogP contribution is -2.34. The Morgan fingerprint density at radius 3 is 3.06 bits per heavy atom. The van der Waals surface area contributed by atoms with Crippen molar-refractivity contribution in [2.24, 2.45) is 0 Å². The molecule has 1 rings (SSSR count). The molecule has 1 aromatic rings. The van der Waals surface area contributed by atoms with Crippen LogP contribution in [0.1, 0.15) is 10.6 Å². The molecule has 0 unspecified atom stereocenters. The highest BCUT2D eigenvalue weighted by Crippen LogP contribution is 2.10. The number of carbonyl (C=O) groups is 1. The van der Waals surface area contributed by atoms with E-state index in [4.69, 9.17) is 4.74 Å². The van der Waals surface area contributed by atoms with E-state index in [9.17, 15) is 4.79 Å². The first-order chi connectivity index (χ1) is 7.74. The van der Waals surface area contributed by atoms with Gasteiger partial charge in [0.05, 0.1) is 30.9 Å². The minimum absolute atomic E-state index is 0.0103. The number of aryl methyl sites for hydroxylation is 1. The van der Waals surface area contributed by atoms with Gasteiger partial charge in [-0.25, -0.2) is 4.98 Å². The highest BCUT2D eigenvalue weighted by Gasteiger charge is 2.04. The zero-order valence-electron chi connectivity index (χ0n) is 9.58. The Balaban J connectivity index is 2.13. The summed E-state index contributed by atoms with van der Waals surface area (Å²) in [6, 6.07) is 0. The lowest BCUT2D eigenvalue weighted by molar-refractivity contribution is -0.120. The molecule has 0 aromatic carbocycles. The second-order valence-electron chi connectivity index (χ2n) is 3.31. The molecule has 0 aliphatic rings. The van der Waals surface area contributed by atoms with Gasteiger partial charge < -0.3 is 15.4 Å². The van der Waals surface area contributed by atoms with Gasteiger partial charge in [0.2, 0.25) is 5.91 Å². The number of hydrogen-bond acceptors (Lipinski definition) is 5. The van der Waals surface area contributed by atoms with Gasteiger partial charge in [0.1, 0.15) is 0 Å². The van der Waals surface area contributed by atoms with Crippen molar-refractivity contribution in [1.82, 2.24) is 15.6 Å². The minimum Gasteiger partial charge on any atom is -0.383 e. The molecule has 0 aliphatic carbocycles. The molecular formula is C10H17N3O2S. The van der Waals surface area contributed by atoms with Gasteiger partial charge >= 0.3 is 0 Å². The molecule has 0 atom stereocenters. The molecule has 0 spiro atoms. The van der Waals surface area contributed by atoms with E-state index >= 15 is 0 Å². The van der Waals surface area contributed by atoms with Gasteiger partial charge in [0.25, 0.3) is 0 Å². The van der Waals surface area contributed by atoms with Crippen molar-refractivity contribution in [3.05, 3.63) is 16.1 Å². The monoisotopic (exact) mass is 243 g/mol. The molecule has 0 fully saturated rings. The van der Waals surface area contributed by atoms with Crippen molar-refractivity contribution in [1.29, 1.82) is 0 Å². The lowest BCUT2D eigenvalue weighted by Gasteiger charge is -2.05. The quantitative estimate of drug-likeness (QED) is 0.676. The third-order valence-electron chi connectivity index (χ3n) is 2.06. The second-order valence-corrected chi connectivity index (χ2v) is 4.25. The van der Waals surface area contributed by atoms with Gasteiger partial charge in [-0.2, -0.15) is 0 Å². The van der Waals surface area contributed by atoms with Crippen molar-refractivity contribution in [2.75, 3.05) is 26.8 Å². The molecule has 0 bridgehead atoms. The van der Waals surface area contributed by atoms with Crippen molar-refractivity contribution >= 4 is 17.2 Å². The van der Waals surface area contributed by atoms with Crippen LogP contribution in [0.2, 0.25) is 0 Å². The van der Waals surface area contributed by atoms with Gasteiger partial charge in [-0.05, 0) is 6.92 Å². The predicted octanol–water partition coefficient (Wildman–Crippen LogP) is 0.304. The summed E-state index contributed by atoms with van der Waals surface area (Å²) in [6.07, 6.45) is 0. The fraction of sp³-hybridized carbons (Fsp3) is 0.600. The van der Waals surface area contributed by atoms with Crippen molar-refractivity contribution in [3.8, 4) is 0 Å². The average Bonchev–Trinajstić information content (AvgIpc) is 2.67. The first-order valence-corrected chi connectivity index (χ1v) is 5.97. The normalized spacial score (nSPS) is 10.4. The van der Waals surface area contributed by atoms with E-state index in [1.807, 2.05) is 6.92 Å². The van der Waals surface area contributed by atoms with Crippen LogP contribution in [0.15, 0.2) is 5.51 Å². The number of nitrogens with zero attached hydrogens (tertiary/aromatic N) is 1. The van der Waals surface area contributed by atoms with E-state index in [0.29, 0.717) is 26.2 Å². The Morgan fingerprint density at radius 2 is 2.44 bits per heavy atom. The maximum absolute atomic E-state index is 11.4. The Kier molecular flexibility index (Phi) is 5.99. The topological polar surface area (TPSA) is 63.2 Å². The fourth-order valence-electron chi connectivity index (χ4n) is 1.11. The van der Waals surface area contributed by atoms with Crippen LogP contribution >= 0.6 is 11.3 Å². The van der Waals surface area contributed by atoms with Crippen LogP contribution in [0.4, 0.5) is 0 Å². The molecule has 0 aliphatic heterocycles. The van der Waals surface area contributed by atoms with Crippen molar-refractivity contribution < 1.29 is 9.53 Å². The van der Waals surface area contributed by atoms with E-state index in [1.165, 1.54) is 0 Å². The van der Waals surface area contributed by atoms with Gasteiger partial charge in [-0.1, -0.05) is 0 Å². The summed E-state index contributed by atoms with van der Waals surface area (Å²) in [4.78, 5) is 16.6. The van der Waals surface area contributed by atoms with Crippen LogP contribution in [0.25, 0.3) is 0 Å². The van der Waals surface area contributed by atoms with Crippen LogP contribution in [0.5, 0.6) is 0 Å². The molecule has 1 heterocycles. The number of ether oxygens (including phenoxy) is 1. The molecule has 90 valence electrons. The number of methoxy groups -OCH3 is 1. The lowest BCUT2D eigenvalue weighted by atomic mass is 10.4. The van der Waals surface area contributed by atoms with E-state index < -0.39 is 0 Å². The highest BCUT2D eigenvalue weighted by molar-refractivity contribution is 7.09. The second kappa shape index (κ2) is 7.32. The van der Waals surface area contributed by atoms with Crippen LogP contribution in [-0.4, -0.2) is 37.7 Å². The van der Waals surface area contributed by atoms with Crippen LogP contribution in [-0.2, 0) is 16.1 Å². The molecule has 2 N–H and O–H groups in total.